The maximum Gasteiger partial charge on any atom is 0.508 e. The minimum absolute atomic E-state index is 0.0319. The predicted octanol–water partition coefficient (Wildman–Crippen LogP) is 2.66. The number of carbonyl (C=O) groups excluding carboxylic acids is 5. The summed E-state index contributed by atoms with van der Waals surface area (Å²) in [6.45, 7) is 6.37. The van der Waals surface area contributed by atoms with Crippen molar-refractivity contribution in [3.8, 4) is 0 Å². The van der Waals surface area contributed by atoms with E-state index in [4.69, 9.17) is 23.7 Å². The number of esters is 2. The van der Waals surface area contributed by atoms with E-state index in [-0.39, 0.29) is 42.7 Å². The van der Waals surface area contributed by atoms with Crippen LogP contribution in [0.25, 0.3) is 0 Å². The molecule has 3 aliphatic carbocycles. The van der Waals surface area contributed by atoms with E-state index in [1.54, 1.807) is 48.5 Å². The smallest absolute Gasteiger partial charge is 0.456 e. The quantitative estimate of drug-likeness (QED) is 0.0412. The number of nitrogens with one attached hydrogen (secondary N) is 1. The number of aliphatic hydroxyl groups excluding tert-OH is 2. The summed E-state index contributed by atoms with van der Waals surface area (Å²) in [5.41, 5.74) is -7.96. The number of ketones is 1. The third-order valence-corrected chi connectivity index (χ3v) is 13.8. The number of carbonyl (C=O) groups is 5. The summed E-state index contributed by atoms with van der Waals surface area (Å²) in [7, 11) is 0. The number of rotatable bonds is 13. The second-order valence-electron chi connectivity index (χ2n) is 17.8. The number of fused-ring (bicyclic) bond motifs is 5. The van der Waals surface area contributed by atoms with Gasteiger partial charge in [-0.3, -0.25) is 9.59 Å². The number of nitro groups is 1. The molecule has 1 saturated heterocycles. The lowest BCUT2D eigenvalue weighted by molar-refractivity contribution is -0.396. The summed E-state index contributed by atoms with van der Waals surface area (Å²) in [4.78, 5) is 83.5. The van der Waals surface area contributed by atoms with Gasteiger partial charge in [0.25, 0.3) is 0 Å². The van der Waals surface area contributed by atoms with Gasteiger partial charge in [0, 0.05) is 37.5 Å². The van der Waals surface area contributed by atoms with E-state index in [1.807, 2.05) is 0 Å². The standard InChI is InChI=1S/C45H52N4O16/c1-24-28(63-39(55)34(52)32(47-25(2)50)26-13-8-6-9-14-26)22-45(58)37(65-38(54)27-15-10-7-11-16-27)35-43(5,36(53)33(51)31(24)42(45,3)4)29(21-30-44(35,57)23-62-30)64-41(56)61-20-12-18-48-19-17-46-40(48)49(59)60/h6-11,13-17,19,28-30,32-35,37,51-52,57-58H,12,18,20-23H2,1-5H3,(H,47,50)/t28?,29?,30?,32?,33?,34?,35?,37?,43-,44+,45?/m1/s1. The number of hydrogen-bond donors (Lipinski definition) is 5. The van der Waals surface area contributed by atoms with Crippen molar-refractivity contribution in [3.63, 3.8) is 0 Å². The van der Waals surface area contributed by atoms with Crippen LogP contribution in [0.2, 0.25) is 0 Å². The van der Waals surface area contributed by atoms with Gasteiger partial charge < -0.3 is 59.5 Å². The first-order valence-electron chi connectivity index (χ1n) is 21.1. The molecule has 7 rings (SSSR count). The lowest BCUT2D eigenvalue weighted by atomic mass is 9.44. The number of hydrogen-bond acceptors (Lipinski definition) is 17. The van der Waals surface area contributed by atoms with Crippen LogP contribution < -0.4 is 5.32 Å². The van der Waals surface area contributed by atoms with Gasteiger partial charge in [-0.1, -0.05) is 67.4 Å². The summed E-state index contributed by atoms with van der Waals surface area (Å²) in [6, 6.07) is 14.6. The topological polar surface area (TPSA) is 285 Å². The molecule has 0 spiro atoms. The molecule has 11 atom stereocenters. The summed E-state index contributed by atoms with van der Waals surface area (Å²) in [6.07, 6.45) is -9.63. The zero-order valence-corrected chi connectivity index (χ0v) is 36.3. The summed E-state index contributed by atoms with van der Waals surface area (Å²) < 4.78 is 30.5. The van der Waals surface area contributed by atoms with Crippen LogP contribution in [-0.2, 0) is 44.6 Å². The monoisotopic (exact) mass is 904 g/mol. The normalized spacial score (nSPS) is 31.0. The van der Waals surface area contributed by atoms with Gasteiger partial charge in [-0.25, -0.2) is 19.0 Å². The van der Waals surface area contributed by atoms with Crippen molar-refractivity contribution in [1.29, 1.82) is 0 Å². The van der Waals surface area contributed by atoms with E-state index in [1.165, 1.54) is 63.7 Å². The zero-order valence-electron chi connectivity index (χ0n) is 36.3. The van der Waals surface area contributed by atoms with E-state index in [0.29, 0.717) is 5.56 Å². The van der Waals surface area contributed by atoms with Crippen LogP contribution in [0.3, 0.4) is 0 Å². The Hall–Kier alpha value is -6.06. The van der Waals surface area contributed by atoms with Gasteiger partial charge in [0.15, 0.2) is 11.9 Å². The second-order valence-corrected chi connectivity index (χ2v) is 17.8. The summed E-state index contributed by atoms with van der Waals surface area (Å²) in [5.74, 6) is -5.88. The maximum absolute atomic E-state index is 15.3. The Morgan fingerprint density at radius 3 is 2.31 bits per heavy atom. The minimum Gasteiger partial charge on any atom is -0.456 e. The first-order chi connectivity index (χ1) is 30.7. The van der Waals surface area contributed by atoms with Crippen molar-refractivity contribution in [3.05, 3.63) is 105 Å². The molecule has 1 aliphatic heterocycles. The molecule has 65 heavy (non-hydrogen) atoms. The van der Waals surface area contributed by atoms with E-state index >= 15 is 4.79 Å². The fraction of sp³-hybridized carbons (Fsp3) is 0.511. The Morgan fingerprint density at radius 1 is 1.03 bits per heavy atom. The van der Waals surface area contributed by atoms with E-state index in [9.17, 15) is 49.7 Å². The van der Waals surface area contributed by atoms with Crippen molar-refractivity contribution in [2.45, 2.75) is 114 Å². The van der Waals surface area contributed by atoms with Gasteiger partial charge in [-0.15, -0.1) is 0 Å². The Morgan fingerprint density at radius 2 is 1.69 bits per heavy atom. The Bertz CT molecular complexity index is 2370. The highest BCUT2D eigenvalue weighted by molar-refractivity contribution is 5.94. The second kappa shape index (κ2) is 17.7. The molecule has 9 unspecified atom stereocenters. The van der Waals surface area contributed by atoms with Crippen LogP contribution in [0.1, 0.15) is 75.8 Å². The summed E-state index contributed by atoms with van der Waals surface area (Å²) in [5, 5.41) is 63.8. The molecule has 4 aliphatic rings. The van der Waals surface area contributed by atoms with Crippen molar-refractivity contribution in [1.82, 2.24) is 14.9 Å². The number of aromatic nitrogens is 2. The molecule has 1 aromatic heterocycles. The van der Waals surface area contributed by atoms with E-state index in [2.05, 4.69) is 10.3 Å². The maximum atomic E-state index is 15.3. The number of nitrogens with zero attached hydrogens (tertiary/aromatic N) is 3. The molecule has 1 amide bonds. The molecule has 20 nitrogen and oxygen atoms in total. The first-order valence-corrected chi connectivity index (χ1v) is 21.1. The van der Waals surface area contributed by atoms with Crippen LogP contribution in [0.15, 0.2) is 84.2 Å². The number of aryl methyl sites for hydroxylation is 1. The third-order valence-electron chi connectivity index (χ3n) is 13.8. The minimum atomic E-state index is -2.43. The van der Waals surface area contributed by atoms with Crippen LogP contribution in [0.5, 0.6) is 0 Å². The van der Waals surface area contributed by atoms with E-state index in [0.717, 1.165) is 0 Å². The molecule has 0 radical (unpaired) electrons. The average Bonchev–Trinajstić information content (AvgIpc) is 3.75. The van der Waals surface area contributed by atoms with Gasteiger partial charge in [-0.2, -0.15) is 0 Å². The Kier molecular flexibility index (Phi) is 12.8. The van der Waals surface area contributed by atoms with Crippen LogP contribution >= 0.6 is 0 Å². The summed E-state index contributed by atoms with van der Waals surface area (Å²) >= 11 is 0. The number of imidazole rings is 1. The molecule has 3 fully saturated rings. The fourth-order valence-electron chi connectivity index (χ4n) is 10.3. The lowest BCUT2D eigenvalue weighted by Gasteiger charge is -2.67. The largest absolute Gasteiger partial charge is 0.508 e. The molecular formula is C45H52N4O16. The molecule has 2 heterocycles. The predicted molar refractivity (Wildman–Crippen MR) is 222 cm³/mol. The first kappa shape index (κ1) is 46.9. The molecule has 348 valence electrons. The molecule has 2 bridgehead atoms. The van der Waals surface area contributed by atoms with Crippen molar-refractivity contribution >= 4 is 35.7 Å². The van der Waals surface area contributed by atoms with Gasteiger partial charge in [-0.05, 0) is 47.6 Å². The average molecular weight is 905 g/mol. The molecule has 2 saturated carbocycles. The van der Waals surface area contributed by atoms with Gasteiger partial charge in [0.05, 0.1) is 42.9 Å². The number of benzene rings is 2. The highest BCUT2D eigenvalue weighted by Crippen LogP contribution is 2.63. The van der Waals surface area contributed by atoms with Crippen molar-refractivity contribution in [2.24, 2.45) is 16.7 Å². The SMILES string of the molecule is CC(=O)NC(c1ccccc1)C(O)C(=O)OC1CC2(O)C(OC(=O)c3ccccc3)C3[C@]4(O)COC4CC(OC(=O)OCCCn4ccnc4[N+](=O)[O-])[C@@]3(C)C(=O)C(O)C(=C1C)C2(C)C. The molecule has 3 aromatic rings. The number of ether oxygens (including phenoxy) is 5. The van der Waals surface area contributed by atoms with Crippen LogP contribution in [0.4, 0.5) is 10.7 Å². The Labute approximate surface area is 372 Å². The van der Waals surface area contributed by atoms with Crippen molar-refractivity contribution in [2.75, 3.05) is 13.2 Å². The Balaban J connectivity index is 1.28. The number of amides is 1. The lowest BCUT2D eigenvalue weighted by Crippen LogP contribution is -2.81. The number of aliphatic hydroxyl groups is 4. The highest BCUT2D eigenvalue weighted by Gasteiger charge is 2.77. The van der Waals surface area contributed by atoms with Crippen LogP contribution in [0, 0.1) is 26.9 Å². The van der Waals surface area contributed by atoms with Crippen LogP contribution in [-0.4, -0.2) is 126 Å². The highest BCUT2D eigenvalue weighted by atomic mass is 16.7. The zero-order chi connectivity index (χ0) is 47.2. The number of Topliss-reactive ketones (excluding diaryl/α,β-unsaturated/α-hetero) is 1. The van der Waals surface area contributed by atoms with Gasteiger partial charge in [0.2, 0.25) is 5.91 Å². The molecule has 2 aromatic carbocycles. The van der Waals surface area contributed by atoms with Gasteiger partial charge in [0.1, 0.15) is 48.0 Å². The molecular weight excluding hydrogens is 853 g/mol. The van der Waals surface area contributed by atoms with Crippen molar-refractivity contribution < 1.29 is 73.0 Å². The van der Waals surface area contributed by atoms with Gasteiger partial charge >= 0.3 is 24.0 Å². The molecule has 20 heteroatoms. The molecule has 5 N–H and O–H groups in total. The van der Waals surface area contributed by atoms with E-state index < -0.39 is 124 Å². The third kappa shape index (κ3) is 8.17. The fourth-order valence-corrected chi connectivity index (χ4v) is 10.3.